The van der Waals surface area contributed by atoms with Gasteiger partial charge in [-0.15, -0.1) is 0 Å². The number of halogens is 3. The van der Waals surface area contributed by atoms with Crippen LogP contribution < -0.4 is 15.5 Å². The summed E-state index contributed by atoms with van der Waals surface area (Å²) in [5.74, 6) is 0.192. The predicted molar refractivity (Wildman–Crippen MR) is 99.3 cm³/mol. The molecule has 9 heteroatoms. The van der Waals surface area contributed by atoms with Crippen LogP contribution in [0.1, 0.15) is 57.1 Å². The maximum atomic E-state index is 13.2. The lowest BCUT2D eigenvalue weighted by Crippen LogP contribution is -2.38. The standard InChI is InChI=1S/C17H24F3N5S/c18-17(19,20)13-11-14(25-9-5-6-10-25)23-15(22-13)24-16(26)21-12-7-3-1-2-4-8-12/h11-12H,1-10H2,(H2,21,22,23,24,26). The first-order chi connectivity index (χ1) is 12.4. The Morgan fingerprint density at radius 1 is 1.04 bits per heavy atom. The Kier molecular flexibility index (Phi) is 6.16. The fourth-order valence-electron chi connectivity index (χ4n) is 3.49. The first-order valence-corrected chi connectivity index (χ1v) is 9.61. The van der Waals surface area contributed by atoms with Crippen LogP contribution in [0.25, 0.3) is 0 Å². The average molecular weight is 387 g/mol. The third kappa shape index (κ3) is 5.18. The second-order valence-corrected chi connectivity index (χ2v) is 7.32. The fraction of sp³-hybridized carbons (Fsp3) is 0.706. The lowest BCUT2D eigenvalue weighted by atomic mass is 10.1. The molecule has 144 valence electrons. The van der Waals surface area contributed by atoms with Crippen molar-refractivity contribution in [2.24, 2.45) is 0 Å². The number of anilines is 2. The van der Waals surface area contributed by atoms with Gasteiger partial charge in [0, 0.05) is 25.2 Å². The van der Waals surface area contributed by atoms with Crippen molar-refractivity contribution in [2.75, 3.05) is 23.3 Å². The van der Waals surface area contributed by atoms with E-state index < -0.39 is 11.9 Å². The number of hydrogen-bond acceptors (Lipinski definition) is 4. The van der Waals surface area contributed by atoms with Crippen molar-refractivity contribution in [1.82, 2.24) is 15.3 Å². The maximum Gasteiger partial charge on any atom is 0.433 e. The van der Waals surface area contributed by atoms with Crippen LogP contribution in [-0.4, -0.2) is 34.2 Å². The minimum atomic E-state index is -4.52. The molecule has 1 saturated carbocycles. The van der Waals surface area contributed by atoms with Crippen molar-refractivity contribution in [1.29, 1.82) is 0 Å². The SMILES string of the molecule is FC(F)(F)c1cc(N2CCCC2)nc(NC(=S)NC2CCCCCC2)n1. The number of alkyl halides is 3. The minimum Gasteiger partial charge on any atom is -0.360 e. The number of aromatic nitrogens is 2. The summed E-state index contributed by atoms with van der Waals surface area (Å²) < 4.78 is 39.6. The lowest BCUT2D eigenvalue weighted by Gasteiger charge is -2.21. The smallest absolute Gasteiger partial charge is 0.360 e. The zero-order valence-corrected chi connectivity index (χ0v) is 15.4. The van der Waals surface area contributed by atoms with Crippen LogP contribution in [0.15, 0.2) is 6.07 Å². The zero-order valence-electron chi connectivity index (χ0n) is 14.6. The molecule has 1 aliphatic carbocycles. The van der Waals surface area contributed by atoms with E-state index >= 15 is 0 Å². The molecule has 1 aromatic heterocycles. The van der Waals surface area contributed by atoms with E-state index in [4.69, 9.17) is 12.2 Å². The average Bonchev–Trinajstić information content (AvgIpc) is 3.00. The summed E-state index contributed by atoms with van der Waals surface area (Å²) in [5.41, 5.74) is -0.950. The van der Waals surface area contributed by atoms with Crippen LogP contribution in [0.2, 0.25) is 0 Å². The summed E-state index contributed by atoms with van der Waals surface area (Å²) in [6.45, 7) is 1.41. The van der Waals surface area contributed by atoms with Crippen molar-refractivity contribution in [2.45, 2.75) is 63.6 Å². The highest BCUT2D eigenvalue weighted by molar-refractivity contribution is 7.80. The molecule has 0 atom stereocenters. The molecule has 0 aromatic carbocycles. The fourth-order valence-corrected chi connectivity index (χ4v) is 3.75. The number of thiocarbonyl (C=S) groups is 1. The van der Waals surface area contributed by atoms with Crippen LogP contribution in [0.5, 0.6) is 0 Å². The molecule has 0 radical (unpaired) electrons. The number of nitrogens with zero attached hydrogens (tertiary/aromatic N) is 3. The van der Waals surface area contributed by atoms with Gasteiger partial charge in [0.25, 0.3) is 0 Å². The summed E-state index contributed by atoms with van der Waals surface area (Å²) >= 11 is 5.28. The van der Waals surface area contributed by atoms with Gasteiger partial charge >= 0.3 is 6.18 Å². The molecule has 1 aromatic rings. The quantitative estimate of drug-likeness (QED) is 0.602. The van der Waals surface area contributed by atoms with Crippen molar-refractivity contribution < 1.29 is 13.2 Å². The Labute approximate surface area is 156 Å². The Bertz CT molecular complexity index is 623. The van der Waals surface area contributed by atoms with Crippen LogP contribution in [0, 0.1) is 0 Å². The third-order valence-electron chi connectivity index (χ3n) is 4.85. The van der Waals surface area contributed by atoms with Gasteiger partial charge in [-0.1, -0.05) is 25.7 Å². The van der Waals surface area contributed by atoms with E-state index in [2.05, 4.69) is 20.6 Å². The van der Waals surface area contributed by atoms with E-state index in [0.717, 1.165) is 44.6 Å². The Morgan fingerprint density at radius 3 is 2.31 bits per heavy atom. The van der Waals surface area contributed by atoms with Crippen LogP contribution >= 0.6 is 12.2 Å². The van der Waals surface area contributed by atoms with Crippen LogP contribution in [0.3, 0.4) is 0 Å². The van der Waals surface area contributed by atoms with Gasteiger partial charge in [-0.3, -0.25) is 0 Å². The van der Waals surface area contributed by atoms with Crippen LogP contribution in [-0.2, 0) is 6.18 Å². The molecule has 2 fully saturated rings. The molecule has 26 heavy (non-hydrogen) atoms. The summed E-state index contributed by atoms with van der Waals surface area (Å²) in [5, 5.41) is 6.24. The number of nitrogens with one attached hydrogen (secondary N) is 2. The summed E-state index contributed by atoms with van der Waals surface area (Å²) in [4.78, 5) is 9.73. The monoisotopic (exact) mass is 387 g/mol. The molecule has 0 amide bonds. The Hall–Kier alpha value is -1.64. The molecule has 5 nitrogen and oxygen atoms in total. The topological polar surface area (TPSA) is 53.1 Å². The predicted octanol–water partition coefficient (Wildman–Crippen LogP) is 4.10. The Morgan fingerprint density at radius 2 is 1.69 bits per heavy atom. The molecule has 0 bridgehead atoms. The molecule has 3 rings (SSSR count). The number of hydrogen-bond donors (Lipinski definition) is 2. The minimum absolute atomic E-state index is 0.104. The van der Waals surface area contributed by atoms with E-state index in [9.17, 15) is 13.2 Å². The molecule has 0 unspecified atom stereocenters. The highest BCUT2D eigenvalue weighted by Gasteiger charge is 2.34. The molecule has 2 aliphatic rings. The molecule has 2 N–H and O–H groups in total. The Balaban J connectivity index is 1.72. The first-order valence-electron chi connectivity index (χ1n) is 9.20. The maximum absolute atomic E-state index is 13.2. The number of rotatable bonds is 3. The lowest BCUT2D eigenvalue weighted by molar-refractivity contribution is -0.141. The zero-order chi connectivity index (χ0) is 18.6. The van der Waals surface area contributed by atoms with Gasteiger partial charge < -0.3 is 15.5 Å². The van der Waals surface area contributed by atoms with Gasteiger partial charge in [-0.25, -0.2) is 4.98 Å². The normalized spacial score (nSPS) is 19.3. The summed E-state index contributed by atoms with van der Waals surface area (Å²) in [7, 11) is 0. The molecule has 2 heterocycles. The third-order valence-corrected chi connectivity index (χ3v) is 5.07. The molecule has 1 saturated heterocycles. The van der Waals surface area contributed by atoms with Crippen molar-refractivity contribution in [3.05, 3.63) is 11.8 Å². The van der Waals surface area contributed by atoms with Crippen molar-refractivity contribution in [3.8, 4) is 0 Å². The highest BCUT2D eigenvalue weighted by atomic mass is 32.1. The van der Waals surface area contributed by atoms with E-state index in [1.807, 2.05) is 4.90 Å². The van der Waals surface area contributed by atoms with Crippen molar-refractivity contribution in [3.63, 3.8) is 0 Å². The van der Waals surface area contributed by atoms with Crippen LogP contribution in [0.4, 0.5) is 24.9 Å². The largest absolute Gasteiger partial charge is 0.433 e. The van der Waals surface area contributed by atoms with Crippen molar-refractivity contribution >= 4 is 29.1 Å². The van der Waals surface area contributed by atoms with E-state index in [1.165, 1.54) is 12.8 Å². The van der Waals surface area contributed by atoms with Gasteiger partial charge in [0.05, 0.1) is 0 Å². The van der Waals surface area contributed by atoms with Gasteiger partial charge in [-0.05, 0) is 37.9 Å². The highest BCUT2D eigenvalue weighted by Crippen LogP contribution is 2.31. The van der Waals surface area contributed by atoms with Gasteiger partial charge in [0.15, 0.2) is 10.8 Å². The first kappa shape index (κ1) is 19.1. The second-order valence-electron chi connectivity index (χ2n) is 6.91. The second kappa shape index (κ2) is 8.37. The van der Waals surface area contributed by atoms with E-state index in [0.29, 0.717) is 18.9 Å². The van der Waals surface area contributed by atoms with Gasteiger partial charge in [0.1, 0.15) is 5.82 Å². The summed E-state index contributed by atoms with van der Waals surface area (Å²) in [6, 6.07) is 1.26. The summed E-state index contributed by atoms with van der Waals surface area (Å²) in [6.07, 6.45) is 4.13. The molecule has 0 spiro atoms. The van der Waals surface area contributed by atoms with E-state index in [-0.39, 0.29) is 17.1 Å². The molecular weight excluding hydrogens is 363 g/mol. The van der Waals surface area contributed by atoms with Gasteiger partial charge in [-0.2, -0.15) is 18.2 Å². The van der Waals surface area contributed by atoms with Gasteiger partial charge in [0.2, 0.25) is 5.95 Å². The van der Waals surface area contributed by atoms with E-state index in [1.54, 1.807) is 0 Å². The molecular formula is C17H24F3N5S. The molecule has 1 aliphatic heterocycles.